The first kappa shape index (κ1) is 11.7. The summed E-state index contributed by atoms with van der Waals surface area (Å²) in [5.74, 6) is 0. The number of hydrogen-bond acceptors (Lipinski definition) is 4. The van der Waals surface area contributed by atoms with Crippen LogP contribution in [0.3, 0.4) is 0 Å². The Bertz CT molecular complexity index is 455. The van der Waals surface area contributed by atoms with Gasteiger partial charge in [-0.1, -0.05) is 18.2 Å². The van der Waals surface area contributed by atoms with Gasteiger partial charge >= 0.3 is 0 Å². The van der Waals surface area contributed by atoms with Crippen LogP contribution in [0.5, 0.6) is 0 Å². The lowest BCUT2D eigenvalue weighted by Crippen LogP contribution is -2.14. The smallest absolute Gasteiger partial charge is 0.131 e. The van der Waals surface area contributed by atoms with Gasteiger partial charge in [0.2, 0.25) is 0 Å². The highest BCUT2D eigenvalue weighted by atomic mass is 16.5. The number of ether oxygens (including phenoxy) is 1. The fourth-order valence-corrected chi connectivity index (χ4v) is 1.66. The maximum atomic E-state index is 5.16. The molecule has 1 unspecified atom stereocenters. The average molecular weight is 232 g/mol. The number of rotatable bonds is 5. The molecule has 0 aliphatic rings. The van der Waals surface area contributed by atoms with Crippen LogP contribution in [-0.2, 0) is 4.74 Å². The van der Waals surface area contributed by atoms with Gasteiger partial charge in [-0.15, -0.1) is 5.10 Å². The van der Waals surface area contributed by atoms with E-state index >= 15 is 0 Å². The molecule has 17 heavy (non-hydrogen) atoms. The van der Waals surface area contributed by atoms with Crippen LogP contribution >= 0.6 is 0 Å². The Morgan fingerprint density at radius 3 is 2.88 bits per heavy atom. The van der Waals surface area contributed by atoms with E-state index in [2.05, 4.69) is 22.2 Å². The van der Waals surface area contributed by atoms with Crippen LogP contribution in [0.2, 0.25) is 0 Å². The van der Waals surface area contributed by atoms with Crippen LogP contribution in [0, 0.1) is 0 Å². The molecule has 0 aromatic carbocycles. The molecular formula is C12H16N4O. The molecule has 0 saturated heterocycles. The predicted octanol–water partition coefficient (Wildman–Crippen LogP) is 1.94. The molecule has 0 aliphatic heterocycles. The van der Waals surface area contributed by atoms with Crippen molar-refractivity contribution < 1.29 is 4.74 Å². The van der Waals surface area contributed by atoms with Crippen LogP contribution < -0.4 is 0 Å². The lowest BCUT2D eigenvalue weighted by atomic mass is 10.2. The summed E-state index contributed by atoms with van der Waals surface area (Å²) in [6.45, 7) is 2.74. The van der Waals surface area contributed by atoms with Crippen molar-refractivity contribution in [3.8, 4) is 11.4 Å². The van der Waals surface area contributed by atoms with Gasteiger partial charge in [0, 0.05) is 13.3 Å². The van der Waals surface area contributed by atoms with E-state index in [1.54, 1.807) is 13.3 Å². The molecule has 0 fully saturated rings. The molecule has 0 spiro atoms. The van der Waals surface area contributed by atoms with Gasteiger partial charge in [-0.3, -0.25) is 4.98 Å². The standard InChI is InChI=1S/C12H16N4O/c1-3-10(9-17-2)16-8-12(14-15-16)11-6-4-5-7-13-11/h4-8,10H,3,9H2,1-2H3. The number of nitrogens with zero attached hydrogens (tertiary/aromatic N) is 4. The first-order chi connectivity index (χ1) is 8.35. The van der Waals surface area contributed by atoms with E-state index in [1.165, 1.54) is 0 Å². The highest BCUT2D eigenvalue weighted by Crippen LogP contribution is 2.16. The fourth-order valence-electron chi connectivity index (χ4n) is 1.66. The van der Waals surface area contributed by atoms with E-state index in [9.17, 15) is 0 Å². The molecular weight excluding hydrogens is 216 g/mol. The van der Waals surface area contributed by atoms with Gasteiger partial charge in [-0.05, 0) is 18.6 Å². The van der Waals surface area contributed by atoms with E-state index in [0.29, 0.717) is 6.61 Å². The number of hydrogen-bond donors (Lipinski definition) is 0. The molecule has 0 aliphatic carbocycles. The summed E-state index contributed by atoms with van der Waals surface area (Å²) in [6.07, 6.45) is 4.62. The Balaban J connectivity index is 2.21. The Labute approximate surface area is 100 Å². The zero-order chi connectivity index (χ0) is 12.1. The van der Waals surface area contributed by atoms with Crippen molar-refractivity contribution in [2.24, 2.45) is 0 Å². The van der Waals surface area contributed by atoms with Crippen molar-refractivity contribution >= 4 is 0 Å². The molecule has 2 heterocycles. The lowest BCUT2D eigenvalue weighted by molar-refractivity contribution is 0.146. The highest BCUT2D eigenvalue weighted by molar-refractivity contribution is 5.51. The number of methoxy groups -OCH3 is 1. The van der Waals surface area contributed by atoms with Crippen LogP contribution in [0.25, 0.3) is 11.4 Å². The fraction of sp³-hybridized carbons (Fsp3) is 0.417. The van der Waals surface area contributed by atoms with Gasteiger partial charge in [0.05, 0.1) is 24.5 Å². The molecule has 0 radical (unpaired) electrons. The predicted molar refractivity (Wildman–Crippen MR) is 64.5 cm³/mol. The third kappa shape index (κ3) is 2.68. The summed E-state index contributed by atoms with van der Waals surface area (Å²) in [5.41, 5.74) is 1.63. The van der Waals surface area contributed by atoms with Gasteiger partial charge in [0.15, 0.2) is 0 Å². The summed E-state index contributed by atoms with van der Waals surface area (Å²) in [7, 11) is 1.69. The van der Waals surface area contributed by atoms with Crippen LogP contribution in [0.1, 0.15) is 19.4 Å². The maximum absolute atomic E-state index is 5.16. The van der Waals surface area contributed by atoms with Crippen molar-refractivity contribution in [3.63, 3.8) is 0 Å². The summed E-state index contributed by atoms with van der Waals surface area (Å²) >= 11 is 0. The zero-order valence-corrected chi connectivity index (χ0v) is 10.1. The molecule has 1 atom stereocenters. The molecule has 5 heteroatoms. The average Bonchev–Trinajstić information content (AvgIpc) is 2.86. The van der Waals surface area contributed by atoms with E-state index in [1.807, 2.05) is 29.1 Å². The third-order valence-corrected chi connectivity index (χ3v) is 2.64. The molecule has 2 aromatic rings. The summed E-state index contributed by atoms with van der Waals surface area (Å²) in [4.78, 5) is 4.25. The van der Waals surface area contributed by atoms with E-state index in [4.69, 9.17) is 4.74 Å². The van der Waals surface area contributed by atoms with Gasteiger partial charge in [0.1, 0.15) is 5.69 Å². The number of pyridine rings is 1. The Kier molecular flexibility index (Phi) is 3.82. The minimum absolute atomic E-state index is 0.227. The summed E-state index contributed by atoms with van der Waals surface area (Å²) in [6, 6.07) is 5.97. The molecule has 0 amide bonds. The second-order valence-corrected chi connectivity index (χ2v) is 3.82. The normalized spacial score (nSPS) is 12.6. The zero-order valence-electron chi connectivity index (χ0n) is 10.1. The molecule has 2 aromatic heterocycles. The van der Waals surface area contributed by atoms with E-state index in [0.717, 1.165) is 17.8 Å². The summed E-state index contributed by atoms with van der Waals surface area (Å²) < 4.78 is 7.00. The maximum Gasteiger partial charge on any atom is 0.131 e. The minimum atomic E-state index is 0.227. The molecule has 5 nitrogen and oxygen atoms in total. The van der Waals surface area contributed by atoms with Gasteiger partial charge in [0.25, 0.3) is 0 Å². The molecule has 0 bridgehead atoms. The highest BCUT2D eigenvalue weighted by Gasteiger charge is 2.12. The van der Waals surface area contributed by atoms with Crippen molar-refractivity contribution in [3.05, 3.63) is 30.6 Å². The van der Waals surface area contributed by atoms with Gasteiger partial charge < -0.3 is 4.74 Å². The van der Waals surface area contributed by atoms with Crippen molar-refractivity contribution in [2.45, 2.75) is 19.4 Å². The second kappa shape index (κ2) is 5.54. The Hall–Kier alpha value is -1.75. The van der Waals surface area contributed by atoms with Crippen LogP contribution in [0.15, 0.2) is 30.6 Å². The Morgan fingerprint density at radius 1 is 1.35 bits per heavy atom. The Morgan fingerprint density at radius 2 is 2.24 bits per heavy atom. The first-order valence-electron chi connectivity index (χ1n) is 5.67. The van der Waals surface area contributed by atoms with Crippen LogP contribution in [-0.4, -0.2) is 33.7 Å². The third-order valence-electron chi connectivity index (χ3n) is 2.64. The topological polar surface area (TPSA) is 52.8 Å². The molecule has 2 rings (SSSR count). The van der Waals surface area contributed by atoms with Crippen molar-refractivity contribution in [1.29, 1.82) is 0 Å². The van der Waals surface area contributed by atoms with Gasteiger partial charge in [-0.2, -0.15) is 0 Å². The van der Waals surface area contributed by atoms with Crippen LogP contribution in [0.4, 0.5) is 0 Å². The summed E-state index contributed by atoms with van der Waals surface area (Å²) in [5, 5.41) is 8.26. The molecule has 90 valence electrons. The molecule has 0 saturated carbocycles. The molecule has 0 N–H and O–H groups in total. The lowest BCUT2D eigenvalue weighted by Gasteiger charge is -2.12. The monoisotopic (exact) mass is 232 g/mol. The number of aromatic nitrogens is 4. The first-order valence-corrected chi connectivity index (χ1v) is 5.67. The van der Waals surface area contributed by atoms with Crippen molar-refractivity contribution in [1.82, 2.24) is 20.0 Å². The minimum Gasteiger partial charge on any atom is -0.382 e. The second-order valence-electron chi connectivity index (χ2n) is 3.82. The van der Waals surface area contributed by atoms with Crippen molar-refractivity contribution in [2.75, 3.05) is 13.7 Å². The quantitative estimate of drug-likeness (QED) is 0.790. The largest absolute Gasteiger partial charge is 0.382 e. The van der Waals surface area contributed by atoms with E-state index < -0.39 is 0 Å². The SMILES string of the molecule is CCC(COC)n1cc(-c2ccccn2)nn1. The van der Waals surface area contributed by atoms with E-state index in [-0.39, 0.29) is 6.04 Å². The van der Waals surface area contributed by atoms with Gasteiger partial charge in [-0.25, -0.2) is 4.68 Å².